The minimum Gasteiger partial charge on any atom is -0.366 e. The highest BCUT2D eigenvalue weighted by atomic mass is 19.4. The summed E-state index contributed by atoms with van der Waals surface area (Å²) < 4.78 is 37.6. The molecule has 2 aromatic rings. The van der Waals surface area contributed by atoms with Gasteiger partial charge >= 0.3 is 6.18 Å². The Kier molecular flexibility index (Phi) is 4.36. The van der Waals surface area contributed by atoms with E-state index in [1.54, 1.807) is 0 Å². The number of benzene rings is 1. The Morgan fingerprint density at radius 2 is 1.74 bits per heavy atom. The minimum atomic E-state index is -4.30. The van der Waals surface area contributed by atoms with E-state index in [2.05, 4.69) is 20.2 Å². The van der Waals surface area contributed by atoms with Crippen LogP contribution in [0.25, 0.3) is 0 Å². The largest absolute Gasteiger partial charge is 0.416 e. The molecule has 4 nitrogen and oxygen atoms in total. The molecule has 0 bridgehead atoms. The summed E-state index contributed by atoms with van der Waals surface area (Å²) >= 11 is 0. The first-order valence-electron chi connectivity index (χ1n) is 7.49. The topological polar surface area (TPSA) is 41.0 Å². The maximum absolute atomic E-state index is 12.5. The van der Waals surface area contributed by atoms with E-state index in [9.17, 15) is 13.2 Å². The third kappa shape index (κ3) is 3.91. The molecule has 122 valence electrons. The van der Waals surface area contributed by atoms with Gasteiger partial charge in [0.05, 0.1) is 5.56 Å². The zero-order chi connectivity index (χ0) is 16.3. The number of hydrogen-bond donors (Lipinski definition) is 1. The molecule has 1 aromatic heterocycles. The molecule has 23 heavy (non-hydrogen) atoms. The molecule has 7 heteroatoms. The van der Waals surface area contributed by atoms with E-state index < -0.39 is 11.7 Å². The molecular weight excluding hydrogens is 305 g/mol. The molecule has 0 atom stereocenters. The van der Waals surface area contributed by atoms with E-state index in [-0.39, 0.29) is 0 Å². The lowest BCUT2D eigenvalue weighted by Crippen LogP contribution is -2.19. The van der Waals surface area contributed by atoms with E-state index in [1.165, 1.54) is 18.5 Å². The van der Waals surface area contributed by atoms with Gasteiger partial charge in [-0.3, -0.25) is 0 Å². The van der Waals surface area contributed by atoms with Crippen LogP contribution in [0.2, 0.25) is 0 Å². The predicted molar refractivity (Wildman–Crippen MR) is 82.2 cm³/mol. The molecule has 1 N–H and O–H groups in total. The Bertz CT molecular complexity index is 649. The SMILES string of the molecule is FC(F)(F)c1ccc(CNc2cc(N3CCCC3)ncn2)cc1. The molecule has 2 heterocycles. The number of rotatable bonds is 4. The fourth-order valence-corrected chi connectivity index (χ4v) is 2.57. The van der Waals surface area contributed by atoms with Crippen LogP contribution in [-0.4, -0.2) is 23.1 Å². The Hall–Kier alpha value is -2.31. The summed E-state index contributed by atoms with van der Waals surface area (Å²) in [7, 11) is 0. The van der Waals surface area contributed by atoms with Gasteiger partial charge in [0.15, 0.2) is 0 Å². The first-order chi connectivity index (χ1) is 11.0. The number of aromatic nitrogens is 2. The Morgan fingerprint density at radius 1 is 1.04 bits per heavy atom. The van der Waals surface area contributed by atoms with E-state index in [4.69, 9.17) is 0 Å². The van der Waals surface area contributed by atoms with Crippen molar-refractivity contribution in [3.63, 3.8) is 0 Å². The normalized spacial score (nSPS) is 15.0. The summed E-state index contributed by atoms with van der Waals surface area (Å²) in [6, 6.07) is 6.99. The summed E-state index contributed by atoms with van der Waals surface area (Å²) in [5, 5.41) is 3.12. The zero-order valence-corrected chi connectivity index (χ0v) is 12.5. The lowest BCUT2D eigenvalue weighted by Gasteiger charge is -2.16. The summed E-state index contributed by atoms with van der Waals surface area (Å²) in [6.45, 7) is 2.40. The number of nitrogens with one attached hydrogen (secondary N) is 1. The second-order valence-electron chi connectivity index (χ2n) is 5.50. The van der Waals surface area contributed by atoms with Crippen molar-refractivity contribution in [3.05, 3.63) is 47.8 Å². The fourth-order valence-electron chi connectivity index (χ4n) is 2.57. The van der Waals surface area contributed by atoms with E-state index >= 15 is 0 Å². The van der Waals surface area contributed by atoms with Gasteiger partial charge in [-0.1, -0.05) is 12.1 Å². The molecule has 0 unspecified atom stereocenters. The van der Waals surface area contributed by atoms with Gasteiger partial charge in [0.2, 0.25) is 0 Å². The molecule has 3 rings (SSSR count). The average Bonchev–Trinajstić information content (AvgIpc) is 3.07. The summed E-state index contributed by atoms with van der Waals surface area (Å²) in [4.78, 5) is 10.6. The van der Waals surface area contributed by atoms with Crippen LogP contribution in [0.4, 0.5) is 24.8 Å². The molecular formula is C16H17F3N4. The van der Waals surface area contributed by atoms with Crippen molar-refractivity contribution in [3.8, 4) is 0 Å². The number of alkyl halides is 3. The smallest absolute Gasteiger partial charge is 0.366 e. The van der Waals surface area contributed by atoms with Gasteiger partial charge in [-0.05, 0) is 30.5 Å². The molecule has 1 aliphatic rings. The third-order valence-corrected chi connectivity index (χ3v) is 3.84. The minimum absolute atomic E-state index is 0.411. The highest BCUT2D eigenvalue weighted by Crippen LogP contribution is 2.29. The van der Waals surface area contributed by atoms with Crippen molar-refractivity contribution >= 4 is 11.6 Å². The standard InChI is InChI=1S/C16H17F3N4/c17-16(18,19)13-5-3-12(4-6-13)10-20-14-9-15(22-11-21-14)23-7-1-2-8-23/h3-6,9,11H,1-2,7-8,10H2,(H,20,21,22). The van der Waals surface area contributed by atoms with Gasteiger partial charge in [0, 0.05) is 25.7 Å². The van der Waals surface area contributed by atoms with Gasteiger partial charge in [0.25, 0.3) is 0 Å². The lowest BCUT2D eigenvalue weighted by molar-refractivity contribution is -0.137. The van der Waals surface area contributed by atoms with Crippen molar-refractivity contribution in [1.29, 1.82) is 0 Å². The number of hydrogen-bond acceptors (Lipinski definition) is 4. The molecule has 0 spiro atoms. The van der Waals surface area contributed by atoms with Gasteiger partial charge in [-0.2, -0.15) is 13.2 Å². The van der Waals surface area contributed by atoms with Crippen molar-refractivity contribution < 1.29 is 13.2 Å². The van der Waals surface area contributed by atoms with Gasteiger partial charge in [-0.25, -0.2) is 9.97 Å². The molecule has 0 saturated carbocycles. The Balaban J connectivity index is 1.63. The number of nitrogens with zero attached hydrogens (tertiary/aromatic N) is 3. The maximum Gasteiger partial charge on any atom is 0.416 e. The third-order valence-electron chi connectivity index (χ3n) is 3.84. The second kappa shape index (κ2) is 6.44. The number of halogens is 3. The molecule has 1 aliphatic heterocycles. The molecule has 1 aromatic carbocycles. The highest BCUT2D eigenvalue weighted by molar-refractivity contribution is 5.49. The lowest BCUT2D eigenvalue weighted by atomic mass is 10.1. The summed E-state index contributed by atoms with van der Waals surface area (Å²) in [5.74, 6) is 1.55. The second-order valence-corrected chi connectivity index (χ2v) is 5.50. The van der Waals surface area contributed by atoms with E-state index in [0.29, 0.717) is 12.4 Å². The van der Waals surface area contributed by atoms with E-state index in [0.717, 1.165) is 49.4 Å². The van der Waals surface area contributed by atoms with Gasteiger partial charge in [0.1, 0.15) is 18.0 Å². The van der Waals surface area contributed by atoms with Gasteiger partial charge in [-0.15, -0.1) is 0 Å². The van der Waals surface area contributed by atoms with Crippen LogP contribution in [0.1, 0.15) is 24.0 Å². The van der Waals surface area contributed by atoms with Crippen LogP contribution in [0.5, 0.6) is 0 Å². The van der Waals surface area contributed by atoms with Crippen LogP contribution in [0.15, 0.2) is 36.7 Å². The maximum atomic E-state index is 12.5. The van der Waals surface area contributed by atoms with Crippen molar-refractivity contribution in [1.82, 2.24) is 9.97 Å². The molecule has 1 fully saturated rings. The van der Waals surface area contributed by atoms with E-state index in [1.807, 2.05) is 6.07 Å². The van der Waals surface area contributed by atoms with Crippen LogP contribution in [0.3, 0.4) is 0 Å². The fraction of sp³-hybridized carbons (Fsp3) is 0.375. The van der Waals surface area contributed by atoms with Crippen LogP contribution < -0.4 is 10.2 Å². The monoisotopic (exact) mass is 322 g/mol. The first-order valence-corrected chi connectivity index (χ1v) is 7.49. The average molecular weight is 322 g/mol. The zero-order valence-electron chi connectivity index (χ0n) is 12.5. The summed E-state index contributed by atoms with van der Waals surface area (Å²) in [6.07, 6.45) is -0.470. The van der Waals surface area contributed by atoms with Crippen LogP contribution >= 0.6 is 0 Å². The predicted octanol–water partition coefficient (Wildman–Crippen LogP) is 3.71. The molecule has 0 aliphatic carbocycles. The van der Waals surface area contributed by atoms with Crippen LogP contribution in [0, 0.1) is 0 Å². The molecule has 0 amide bonds. The molecule has 1 saturated heterocycles. The number of anilines is 2. The highest BCUT2D eigenvalue weighted by Gasteiger charge is 2.29. The Labute approximate surface area is 132 Å². The van der Waals surface area contributed by atoms with Crippen molar-refractivity contribution in [2.75, 3.05) is 23.3 Å². The van der Waals surface area contributed by atoms with Crippen LogP contribution in [-0.2, 0) is 12.7 Å². The quantitative estimate of drug-likeness (QED) is 0.932. The van der Waals surface area contributed by atoms with Crippen molar-refractivity contribution in [2.45, 2.75) is 25.6 Å². The first kappa shape index (κ1) is 15.6. The Morgan fingerprint density at radius 3 is 2.39 bits per heavy atom. The summed E-state index contributed by atoms with van der Waals surface area (Å²) in [5.41, 5.74) is 0.124. The van der Waals surface area contributed by atoms with Crippen molar-refractivity contribution in [2.24, 2.45) is 0 Å². The molecule has 0 radical (unpaired) electrons. The van der Waals surface area contributed by atoms with Gasteiger partial charge < -0.3 is 10.2 Å².